The topological polar surface area (TPSA) is 18.5 Å². The molecule has 0 N–H and O–H groups in total. The Balaban J connectivity index is 3.76. The van der Waals surface area contributed by atoms with Gasteiger partial charge in [-0.1, -0.05) is 0 Å². The minimum atomic E-state index is -1.44. The van der Waals surface area contributed by atoms with Crippen LogP contribution in [-0.2, 0) is 9.16 Å². The molecule has 0 saturated carbocycles. The SMILES string of the molecule is CCOC#CC(C)O[Si](C)(C)C. The normalized spacial score (nSPS) is 13.1. The van der Waals surface area contributed by atoms with E-state index in [1.54, 1.807) is 0 Å². The quantitative estimate of drug-likeness (QED) is 0.497. The molecule has 3 heteroatoms. The third kappa shape index (κ3) is 7.64. The maximum absolute atomic E-state index is 5.67. The molecule has 0 amide bonds. The highest BCUT2D eigenvalue weighted by Crippen LogP contribution is 2.05. The Kier molecular flexibility index (Phi) is 5.03. The van der Waals surface area contributed by atoms with Crippen molar-refractivity contribution in [3.63, 3.8) is 0 Å². The van der Waals surface area contributed by atoms with Gasteiger partial charge in [0.25, 0.3) is 0 Å². The molecule has 1 atom stereocenters. The summed E-state index contributed by atoms with van der Waals surface area (Å²) in [4.78, 5) is 0. The maximum atomic E-state index is 5.67. The van der Waals surface area contributed by atoms with Gasteiger partial charge in [0, 0.05) is 0 Å². The van der Waals surface area contributed by atoms with Crippen LogP contribution in [0.1, 0.15) is 13.8 Å². The molecule has 0 bridgehead atoms. The largest absolute Gasteiger partial charge is 0.447 e. The highest BCUT2D eigenvalue weighted by Gasteiger charge is 2.16. The van der Waals surface area contributed by atoms with Crippen LogP contribution in [-0.4, -0.2) is 21.0 Å². The van der Waals surface area contributed by atoms with Gasteiger partial charge in [0.2, 0.25) is 0 Å². The highest BCUT2D eigenvalue weighted by molar-refractivity contribution is 6.69. The van der Waals surface area contributed by atoms with E-state index < -0.39 is 8.32 Å². The predicted molar refractivity (Wildman–Crippen MR) is 53.3 cm³/mol. The van der Waals surface area contributed by atoms with E-state index in [2.05, 4.69) is 31.7 Å². The summed E-state index contributed by atoms with van der Waals surface area (Å²) in [5, 5.41) is 0. The first-order chi connectivity index (χ1) is 5.45. The van der Waals surface area contributed by atoms with E-state index in [4.69, 9.17) is 9.16 Å². The van der Waals surface area contributed by atoms with Crippen LogP contribution in [0.15, 0.2) is 0 Å². The molecule has 0 aliphatic carbocycles. The molecule has 0 heterocycles. The summed E-state index contributed by atoms with van der Waals surface area (Å²) >= 11 is 0. The number of rotatable bonds is 3. The van der Waals surface area contributed by atoms with Crippen molar-refractivity contribution in [3.8, 4) is 12.0 Å². The summed E-state index contributed by atoms with van der Waals surface area (Å²) in [5.41, 5.74) is 0. The fourth-order valence-electron chi connectivity index (χ4n) is 0.757. The van der Waals surface area contributed by atoms with Gasteiger partial charge in [-0.3, -0.25) is 0 Å². The maximum Gasteiger partial charge on any atom is 0.185 e. The lowest BCUT2D eigenvalue weighted by Crippen LogP contribution is -2.29. The van der Waals surface area contributed by atoms with Gasteiger partial charge in [-0.2, -0.15) is 0 Å². The predicted octanol–water partition coefficient (Wildman–Crippen LogP) is 2.22. The second-order valence-corrected chi connectivity index (χ2v) is 8.01. The van der Waals surface area contributed by atoms with Crippen LogP contribution < -0.4 is 0 Å². The van der Waals surface area contributed by atoms with E-state index in [0.717, 1.165) is 0 Å². The van der Waals surface area contributed by atoms with Crippen molar-refractivity contribution in [1.29, 1.82) is 0 Å². The van der Waals surface area contributed by atoms with Gasteiger partial charge < -0.3 is 9.16 Å². The first-order valence-corrected chi connectivity index (χ1v) is 7.66. The molecule has 0 aliphatic rings. The summed E-state index contributed by atoms with van der Waals surface area (Å²) in [7, 11) is -1.44. The van der Waals surface area contributed by atoms with Gasteiger partial charge in [-0.15, -0.1) is 0 Å². The second kappa shape index (κ2) is 5.23. The molecule has 0 rings (SSSR count). The average molecular weight is 186 g/mol. The second-order valence-electron chi connectivity index (χ2n) is 3.55. The summed E-state index contributed by atoms with van der Waals surface area (Å²) in [6.07, 6.45) is 2.59. The zero-order valence-electron chi connectivity index (χ0n) is 8.60. The Morgan fingerprint density at radius 3 is 2.33 bits per heavy atom. The molecule has 0 saturated heterocycles. The van der Waals surface area contributed by atoms with Crippen molar-refractivity contribution >= 4 is 8.32 Å². The number of ether oxygens (including phenoxy) is 1. The van der Waals surface area contributed by atoms with Gasteiger partial charge in [0.15, 0.2) is 8.32 Å². The molecule has 0 aromatic carbocycles. The van der Waals surface area contributed by atoms with E-state index in [1.165, 1.54) is 0 Å². The first-order valence-electron chi connectivity index (χ1n) is 4.26. The summed E-state index contributed by atoms with van der Waals surface area (Å²) in [6, 6.07) is 0. The molecule has 0 fully saturated rings. The molecule has 0 aromatic heterocycles. The monoisotopic (exact) mass is 186 g/mol. The third-order valence-corrected chi connectivity index (χ3v) is 2.07. The lowest BCUT2D eigenvalue weighted by molar-refractivity contribution is 0.263. The van der Waals surface area contributed by atoms with E-state index in [9.17, 15) is 0 Å². The Bertz CT molecular complexity index is 173. The average Bonchev–Trinajstić information content (AvgIpc) is 1.84. The minimum absolute atomic E-state index is 0.0109. The van der Waals surface area contributed by atoms with E-state index in [1.807, 2.05) is 13.8 Å². The van der Waals surface area contributed by atoms with Crippen molar-refractivity contribution < 1.29 is 9.16 Å². The number of hydrogen-bond acceptors (Lipinski definition) is 2. The molecule has 0 radical (unpaired) electrons. The molecular weight excluding hydrogens is 168 g/mol. The van der Waals surface area contributed by atoms with Crippen LogP contribution in [0.2, 0.25) is 19.6 Å². The van der Waals surface area contributed by atoms with Crippen molar-refractivity contribution in [2.45, 2.75) is 39.6 Å². The molecule has 70 valence electrons. The van der Waals surface area contributed by atoms with E-state index in [-0.39, 0.29) is 6.10 Å². The Labute approximate surface area is 76.4 Å². The van der Waals surface area contributed by atoms with Crippen molar-refractivity contribution in [2.75, 3.05) is 6.61 Å². The molecule has 12 heavy (non-hydrogen) atoms. The Morgan fingerprint density at radius 2 is 1.92 bits per heavy atom. The van der Waals surface area contributed by atoms with Crippen molar-refractivity contribution in [3.05, 3.63) is 0 Å². The fraction of sp³-hybridized carbons (Fsp3) is 0.778. The third-order valence-electron chi connectivity index (χ3n) is 1.01. The summed E-state index contributed by atoms with van der Waals surface area (Å²) in [6.45, 7) is 10.9. The molecule has 1 unspecified atom stereocenters. The molecule has 0 aromatic rings. The lowest BCUT2D eigenvalue weighted by atomic mass is 10.4. The van der Waals surface area contributed by atoms with Crippen LogP contribution in [0.25, 0.3) is 0 Å². The molecule has 2 nitrogen and oxygen atoms in total. The zero-order chi connectivity index (χ0) is 9.61. The van der Waals surface area contributed by atoms with Gasteiger partial charge in [0.1, 0.15) is 12.2 Å². The van der Waals surface area contributed by atoms with Gasteiger partial charge >= 0.3 is 0 Å². The highest BCUT2D eigenvalue weighted by atomic mass is 28.4. The van der Waals surface area contributed by atoms with Crippen molar-refractivity contribution in [1.82, 2.24) is 0 Å². The standard InChI is InChI=1S/C9H18O2Si/c1-6-10-8-7-9(2)11-12(3,4)5/h9H,6H2,1-5H3. The van der Waals surface area contributed by atoms with Crippen molar-refractivity contribution in [2.24, 2.45) is 0 Å². The van der Waals surface area contributed by atoms with Gasteiger partial charge in [0.05, 0.1) is 6.61 Å². The minimum Gasteiger partial charge on any atom is -0.447 e. The summed E-state index contributed by atoms with van der Waals surface area (Å²) < 4.78 is 10.6. The van der Waals surface area contributed by atoms with Crippen LogP contribution >= 0.6 is 0 Å². The number of hydrogen-bond donors (Lipinski definition) is 0. The van der Waals surface area contributed by atoms with Crippen LogP contribution in [0.5, 0.6) is 0 Å². The Hall–Kier alpha value is -0.463. The van der Waals surface area contributed by atoms with E-state index in [0.29, 0.717) is 6.61 Å². The van der Waals surface area contributed by atoms with Crippen LogP contribution in [0.4, 0.5) is 0 Å². The molecule has 0 aliphatic heterocycles. The fourth-order valence-corrected chi connectivity index (χ4v) is 1.88. The smallest absolute Gasteiger partial charge is 0.185 e. The zero-order valence-corrected chi connectivity index (χ0v) is 9.60. The summed E-state index contributed by atoms with van der Waals surface area (Å²) in [5.74, 6) is 2.88. The Morgan fingerprint density at radius 1 is 1.33 bits per heavy atom. The molecule has 0 spiro atoms. The van der Waals surface area contributed by atoms with E-state index >= 15 is 0 Å². The van der Waals surface area contributed by atoms with Crippen LogP contribution in [0.3, 0.4) is 0 Å². The lowest BCUT2D eigenvalue weighted by Gasteiger charge is -2.19. The van der Waals surface area contributed by atoms with Gasteiger partial charge in [-0.25, -0.2) is 0 Å². The van der Waals surface area contributed by atoms with Gasteiger partial charge in [-0.05, 0) is 39.4 Å². The first kappa shape index (κ1) is 11.5. The molecular formula is C9H18O2Si. The van der Waals surface area contributed by atoms with Crippen LogP contribution in [0, 0.1) is 12.0 Å².